The molecule has 0 aliphatic carbocycles. The maximum absolute atomic E-state index is 11.9. The van der Waals surface area contributed by atoms with Crippen LogP contribution in [0.5, 0.6) is 0 Å². The van der Waals surface area contributed by atoms with Crippen molar-refractivity contribution in [3.63, 3.8) is 0 Å². The molecule has 0 bridgehead atoms. The molecule has 1 aliphatic heterocycles. The maximum Gasteiger partial charge on any atom is 0.332 e. The second-order valence-electron chi connectivity index (χ2n) is 8.42. The summed E-state index contributed by atoms with van der Waals surface area (Å²) in [4.78, 5) is 11.9. The van der Waals surface area contributed by atoms with E-state index in [0.29, 0.717) is 26.2 Å². The van der Waals surface area contributed by atoms with Gasteiger partial charge in [-0.3, -0.25) is 4.79 Å². The molecule has 0 aromatic carbocycles. The fourth-order valence-electron chi connectivity index (χ4n) is 3.30. The molecular weight excluding hydrogens is 375 g/mol. The van der Waals surface area contributed by atoms with Crippen LogP contribution in [0.1, 0.15) is 104 Å². The van der Waals surface area contributed by atoms with Gasteiger partial charge in [-0.15, -0.1) is 0 Å². The summed E-state index contributed by atoms with van der Waals surface area (Å²) in [5.41, 5.74) is -0.275. The number of unbranched alkanes of at least 4 members (excludes halogenated alkanes) is 12. The lowest BCUT2D eigenvalue weighted by Gasteiger charge is -2.34. The van der Waals surface area contributed by atoms with Crippen LogP contribution >= 0.6 is 8.60 Å². The van der Waals surface area contributed by atoms with Crippen molar-refractivity contribution < 1.29 is 23.1 Å². The van der Waals surface area contributed by atoms with Crippen LogP contribution in [0.25, 0.3) is 0 Å². The van der Waals surface area contributed by atoms with E-state index in [9.17, 15) is 4.79 Å². The summed E-state index contributed by atoms with van der Waals surface area (Å²) in [6, 6.07) is 0. The number of rotatable bonds is 17. The third kappa shape index (κ3) is 13.1. The predicted octanol–water partition coefficient (Wildman–Crippen LogP) is 6.94. The van der Waals surface area contributed by atoms with Crippen LogP contribution in [-0.4, -0.2) is 32.9 Å². The van der Waals surface area contributed by atoms with E-state index in [1.165, 1.54) is 70.6 Å². The Morgan fingerprint density at radius 3 is 1.79 bits per heavy atom. The molecule has 5 nitrogen and oxygen atoms in total. The van der Waals surface area contributed by atoms with Crippen LogP contribution in [0, 0.1) is 5.41 Å². The molecule has 28 heavy (non-hydrogen) atoms. The van der Waals surface area contributed by atoms with Gasteiger partial charge in [0.1, 0.15) is 6.61 Å². The zero-order chi connectivity index (χ0) is 20.5. The van der Waals surface area contributed by atoms with Gasteiger partial charge in [0.25, 0.3) is 0 Å². The number of hydrogen-bond donors (Lipinski definition) is 0. The average molecular weight is 419 g/mol. The Hall–Kier alpha value is -0.220. The summed E-state index contributed by atoms with van der Waals surface area (Å²) in [5.74, 6) is -0.108. The molecule has 1 aliphatic rings. The second-order valence-corrected chi connectivity index (χ2v) is 9.75. The molecule has 0 spiro atoms. The van der Waals surface area contributed by atoms with Gasteiger partial charge in [-0.05, 0) is 6.42 Å². The molecule has 1 rings (SSSR count). The summed E-state index contributed by atoms with van der Waals surface area (Å²) in [7, 11) is 0.355. The zero-order valence-electron chi connectivity index (χ0n) is 18.5. The van der Waals surface area contributed by atoms with Gasteiger partial charge in [-0.25, -0.2) is 0 Å². The van der Waals surface area contributed by atoms with Crippen LogP contribution in [0.4, 0.5) is 0 Å². The monoisotopic (exact) mass is 418 g/mol. The minimum atomic E-state index is -1.22. The molecule has 6 heteroatoms. The van der Waals surface area contributed by atoms with Crippen LogP contribution < -0.4 is 0 Å². The molecule has 1 heterocycles. The molecule has 0 atom stereocenters. The van der Waals surface area contributed by atoms with Crippen LogP contribution in [0.15, 0.2) is 0 Å². The summed E-state index contributed by atoms with van der Waals surface area (Å²) in [6.45, 7) is 5.62. The van der Waals surface area contributed by atoms with Gasteiger partial charge in [0, 0.05) is 18.9 Å². The molecule has 1 saturated heterocycles. The van der Waals surface area contributed by atoms with Gasteiger partial charge < -0.3 is 18.3 Å². The van der Waals surface area contributed by atoms with E-state index in [4.69, 9.17) is 18.3 Å². The normalized spacial score (nSPS) is 22.3. The lowest BCUT2D eigenvalue weighted by atomic mass is 9.94. The van der Waals surface area contributed by atoms with Crippen molar-refractivity contribution in [2.75, 3.05) is 26.9 Å². The second kappa shape index (κ2) is 16.6. The van der Waals surface area contributed by atoms with Gasteiger partial charge in [-0.2, -0.15) is 0 Å². The number of ether oxygens (including phenoxy) is 1. The Labute approximate surface area is 174 Å². The van der Waals surface area contributed by atoms with Crippen molar-refractivity contribution in [2.24, 2.45) is 5.41 Å². The Kier molecular flexibility index (Phi) is 15.3. The summed E-state index contributed by atoms with van der Waals surface area (Å²) >= 11 is 0. The fourth-order valence-corrected chi connectivity index (χ4v) is 4.42. The van der Waals surface area contributed by atoms with Crippen LogP contribution in [0.2, 0.25) is 0 Å². The molecule has 0 aromatic heterocycles. The van der Waals surface area contributed by atoms with E-state index in [0.717, 1.165) is 12.8 Å². The molecule has 0 aromatic rings. The van der Waals surface area contributed by atoms with Gasteiger partial charge in [-0.1, -0.05) is 90.9 Å². The number of esters is 1. The molecule has 0 unspecified atom stereocenters. The highest BCUT2D eigenvalue weighted by Crippen LogP contribution is 2.46. The minimum absolute atomic E-state index is 0.108. The Morgan fingerprint density at radius 2 is 1.32 bits per heavy atom. The molecule has 0 saturated carbocycles. The topological polar surface area (TPSA) is 54.0 Å². The van der Waals surface area contributed by atoms with Crippen molar-refractivity contribution >= 4 is 14.6 Å². The Bertz CT molecular complexity index is 383. The standard InChI is InChI=1S/C22H43O5P/c1-4-5-6-7-8-9-10-11-12-13-14-15-16-17-21(23)25-18-22(2)19-26-28(24-3)27-20-22/h4-20H2,1-3H3. The molecule has 0 amide bonds. The predicted molar refractivity (Wildman–Crippen MR) is 115 cm³/mol. The van der Waals surface area contributed by atoms with Crippen LogP contribution in [-0.2, 0) is 23.1 Å². The number of hydrogen-bond acceptors (Lipinski definition) is 5. The lowest BCUT2D eigenvalue weighted by Crippen LogP contribution is -2.37. The minimum Gasteiger partial charge on any atom is -0.465 e. The first-order valence-electron chi connectivity index (χ1n) is 11.4. The first kappa shape index (κ1) is 25.8. The van der Waals surface area contributed by atoms with E-state index in [1.54, 1.807) is 7.11 Å². The highest BCUT2D eigenvalue weighted by atomic mass is 31.2. The Morgan fingerprint density at radius 1 is 0.857 bits per heavy atom. The van der Waals surface area contributed by atoms with Gasteiger partial charge in [0.15, 0.2) is 0 Å². The van der Waals surface area contributed by atoms with Gasteiger partial charge in [0.2, 0.25) is 0 Å². The molecule has 0 N–H and O–H groups in total. The molecular formula is C22H43O5P. The van der Waals surface area contributed by atoms with Crippen molar-refractivity contribution in [2.45, 2.75) is 104 Å². The number of carbonyl (C=O) groups excluding carboxylic acids is 1. The summed E-state index contributed by atoms with van der Waals surface area (Å²) < 4.78 is 21.5. The molecule has 0 radical (unpaired) electrons. The highest BCUT2D eigenvalue weighted by molar-refractivity contribution is 7.41. The van der Waals surface area contributed by atoms with E-state index >= 15 is 0 Å². The van der Waals surface area contributed by atoms with Crippen LogP contribution in [0.3, 0.4) is 0 Å². The average Bonchev–Trinajstić information content (AvgIpc) is 2.70. The highest BCUT2D eigenvalue weighted by Gasteiger charge is 2.35. The van der Waals surface area contributed by atoms with E-state index in [-0.39, 0.29) is 11.4 Å². The van der Waals surface area contributed by atoms with E-state index in [2.05, 4.69) is 6.92 Å². The van der Waals surface area contributed by atoms with Crippen molar-refractivity contribution in [3.05, 3.63) is 0 Å². The first-order chi connectivity index (χ1) is 13.6. The summed E-state index contributed by atoms with van der Waals surface area (Å²) in [6.07, 6.45) is 17.5. The molecule has 1 fully saturated rings. The number of carbonyl (C=O) groups is 1. The maximum atomic E-state index is 11.9. The van der Waals surface area contributed by atoms with Gasteiger partial charge >= 0.3 is 14.6 Å². The quantitative estimate of drug-likeness (QED) is 0.145. The SMILES string of the molecule is CCCCCCCCCCCCCCCC(=O)OCC1(C)COP(OC)OC1. The Balaban J connectivity index is 1.87. The van der Waals surface area contributed by atoms with E-state index in [1.807, 2.05) is 6.92 Å². The van der Waals surface area contributed by atoms with E-state index < -0.39 is 8.60 Å². The zero-order valence-corrected chi connectivity index (χ0v) is 19.4. The molecule has 166 valence electrons. The fraction of sp³-hybridized carbons (Fsp3) is 0.955. The first-order valence-corrected chi connectivity index (χ1v) is 12.4. The van der Waals surface area contributed by atoms with Gasteiger partial charge in [0.05, 0.1) is 13.2 Å². The smallest absolute Gasteiger partial charge is 0.332 e. The van der Waals surface area contributed by atoms with Crippen molar-refractivity contribution in [3.8, 4) is 0 Å². The van der Waals surface area contributed by atoms with Crippen molar-refractivity contribution in [1.82, 2.24) is 0 Å². The third-order valence-electron chi connectivity index (χ3n) is 5.25. The lowest BCUT2D eigenvalue weighted by molar-refractivity contribution is -0.149. The largest absolute Gasteiger partial charge is 0.465 e. The van der Waals surface area contributed by atoms with Crippen molar-refractivity contribution in [1.29, 1.82) is 0 Å². The third-order valence-corrected chi connectivity index (χ3v) is 6.23. The summed E-state index contributed by atoms with van der Waals surface area (Å²) in [5, 5.41) is 0.